The standard InChI is InChI=1S/C18H31N3O7S/c1-17(2,3)28-16(24)19-13(15(23)27-4)10-12-11-18(20-14(12)22)6-8-21(9-7-18)29(5,25)26/h12-13H,6-11H2,1-5H3,(H,19,24)(H,20,22)/t12?,13-/m0/s1. The topological polar surface area (TPSA) is 131 Å². The van der Waals surface area contributed by atoms with Gasteiger partial charge in [0.1, 0.15) is 11.6 Å². The summed E-state index contributed by atoms with van der Waals surface area (Å²) < 4.78 is 34.8. The first-order valence-corrected chi connectivity index (χ1v) is 11.4. The summed E-state index contributed by atoms with van der Waals surface area (Å²) in [7, 11) is -2.05. The molecule has 2 heterocycles. The Kier molecular flexibility index (Phi) is 6.83. The molecule has 166 valence electrons. The number of nitrogens with one attached hydrogen (secondary N) is 2. The van der Waals surface area contributed by atoms with Crippen LogP contribution in [0.5, 0.6) is 0 Å². The highest BCUT2D eigenvalue weighted by molar-refractivity contribution is 7.88. The van der Waals surface area contributed by atoms with Crippen LogP contribution < -0.4 is 10.6 Å². The highest BCUT2D eigenvalue weighted by Gasteiger charge is 2.47. The fourth-order valence-corrected chi connectivity index (χ4v) is 4.68. The second-order valence-electron chi connectivity index (χ2n) is 8.79. The molecule has 0 bridgehead atoms. The van der Waals surface area contributed by atoms with Gasteiger partial charge in [-0.3, -0.25) is 4.79 Å². The van der Waals surface area contributed by atoms with Crippen molar-refractivity contribution < 1.29 is 32.3 Å². The summed E-state index contributed by atoms with van der Waals surface area (Å²) >= 11 is 0. The second kappa shape index (κ2) is 8.47. The number of carbonyl (C=O) groups is 3. The van der Waals surface area contributed by atoms with E-state index in [4.69, 9.17) is 9.47 Å². The molecule has 2 fully saturated rings. The largest absolute Gasteiger partial charge is 0.467 e. The Morgan fingerprint density at radius 2 is 1.90 bits per heavy atom. The number of alkyl carbamates (subject to hydrolysis) is 1. The van der Waals surface area contributed by atoms with Gasteiger partial charge >= 0.3 is 12.1 Å². The summed E-state index contributed by atoms with van der Waals surface area (Å²) in [6.45, 7) is 5.79. The third-order valence-electron chi connectivity index (χ3n) is 5.24. The average molecular weight is 434 g/mol. The number of carbonyl (C=O) groups excluding carboxylic acids is 3. The number of methoxy groups -OCH3 is 1. The van der Waals surface area contributed by atoms with E-state index in [9.17, 15) is 22.8 Å². The number of sulfonamides is 1. The Labute approximate surface area is 171 Å². The smallest absolute Gasteiger partial charge is 0.408 e. The molecule has 10 nitrogen and oxygen atoms in total. The third-order valence-corrected chi connectivity index (χ3v) is 6.54. The lowest BCUT2D eigenvalue weighted by Crippen LogP contribution is -2.51. The Hall–Kier alpha value is -1.88. The van der Waals surface area contributed by atoms with Crippen LogP contribution in [0, 0.1) is 5.92 Å². The zero-order chi connectivity index (χ0) is 22.0. The van der Waals surface area contributed by atoms with Crippen molar-refractivity contribution in [2.24, 2.45) is 5.92 Å². The molecule has 2 amide bonds. The zero-order valence-corrected chi connectivity index (χ0v) is 18.4. The molecular formula is C18H31N3O7S. The van der Waals surface area contributed by atoms with Crippen molar-refractivity contribution in [3.63, 3.8) is 0 Å². The average Bonchev–Trinajstić information content (AvgIpc) is 2.86. The van der Waals surface area contributed by atoms with E-state index in [0.29, 0.717) is 32.4 Å². The second-order valence-corrected chi connectivity index (χ2v) is 10.8. The summed E-state index contributed by atoms with van der Waals surface area (Å²) in [5.74, 6) is -1.37. The Morgan fingerprint density at radius 1 is 1.31 bits per heavy atom. The van der Waals surface area contributed by atoms with Crippen LogP contribution >= 0.6 is 0 Å². The quantitative estimate of drug-likeness (QED) is 0.599. The van der Waals surface area contributed by atoms with E-state index in [1.54, 1.807) is 20.8 Å². The van der Waals surface area contributed by atoms with Crippen LogP contribution in [0.1, 0.15) is 46.5 Å². The van der Waals surface area contributed by atoms with E-state index >= 15 is 0 Å². The zero-order valence-electron chi connectivity index (χ0n) is 17.6. The molecule has 0 aliphatic carbocycles. The predicted octanol–water partition coefficient (Wildman–Crippen LogP) is 0.373. The Morgan fingerprint density at radius 3 is 2.38 bits per heavy atom. The van der Waals surface area contributed by atoms with Crippen LogP contribution in [0.3, 0.4) is 0 Å². The molecule has 2 atom stereocenters. The molecule has 29 heavy (non-hydrogen) atoms. The third kappa shape index (κ3) is 6.30. The van der Waals surface area contributed by atoms with Crippen molar-refractivity contribution in [1.82, 2.24) is 14.9 Å². The number of hydrogen-bond acceptors (Lipinski definition) is 7. The van der Waals surface area contributed by atoms with Crippen LogP contribution in [0.25, 0.3) is 0 Å². The van der Waals surface area contributed by atoms with E-state index in [1.165, 1.54) is 17.7 Å². The maximum atomic E-state index is 12.5. The van der Waals surface area contributed by atoms with E-state index in [1.807, 2.05) is 0 Å². The molecule has 0 radical (unpaired) electrons. The molecule has 0 aromatic heterocycles. The van der Waals surface area contributed by atoms with Crippen molar-refractivity contribution in [3.05, 3.63) is 0 Å². The number of esters is 1. The Bertz CT molecular complexity index is 752. The molecule has 0 aromatic rings. The predicted molar refractivity (Wildman–Crippen MR) is 104 cm³/mol. The monoisotopic (exact) mass is 433 g/mol. The van der Waals surface area contributed by atoms with Gasteiger partial charge in [-0.25, -0.2) is 22.3 Å². The minimum atomic E-state index is -3.26. The number of ether oxygens (including phenoxy) is 2. The molecule has 2 rings (SSSR count). The van der Waals surface area contributed by atoms with Gasteiger partial charge in [0.05, 0.1) is 13.4 Å². The summed E-state index contributed by atoms with van der Waals surface area (Å²) in [5.41, 5.74) is -1.22. The van der Waals surface area contributed by atoms with Crippen LogP contribution in [0.15, 0.2) is 0 Å². The van der Waals surface area contributed by atoms with Crippen molar-refractivity contribution in [2.75, 3.05) is 26.5 Å². The molecule has 0 saturated carbocycles. The fraction of sp³-hybridized carbons (Fsp3) is 0.833. The minimum absolute atomic E-state index is 0.0787. The van der Waals surface area contributed by atoms with Gasteiger partial charge < -0.3 is 20.1 Å². The van der Waals surface area contributed by atoms with Gasteiger partial charge in [-0.1, -0.05) is 0 Å². The molecule has 0 aromatic carbocycles. The van der Waals surface area contributed by atoms with E-state index in [2.05, 4.69) is 10.6 Å². The lowest BCUT2D eigenvalue weighted by Gasteiger charge is -2.38. The summed E-state index contributed by atoms with van der Waals surface area (Å²) in [5, 5.41) is 5.48. The molecule has 2 N–H and O–H groups in total. The molecule has 11 heteroatoms. The maximum Gasteiger partial charge on any atom is 0.408 e. The number of hydrogen-bond donors (Lipinski definition) is 2. The first kappa shape index (κ1) is 23.4. The minimum Gasteiger partial charge on any atom is -0.467 e. The van der Waals surface area contributed by atoms with Crippen LogP contribution in [-0.2, 0) is 29.1 Å². The van der Waals surface area contributed by atoms with Gasteiger partial charge in [0.25, 0.3) is 0 Å². The van der Waals surface area contributed by atoms with Gasteiger partial charge in [-0.15, -0.1) is 0 Å². The number of rotatable bonds is 5. The fourth-order valence-electron chi connectivity index (χ4n) is 3.83. The van der Waals surface area contributed by atoms with E-state index < -0.39 is 45.2 Å². The van der Waals surface area contributed by atoms with E-state index in [0.717, 1.165) is 0 Å². The lowest BCUT2D eigenvalue weighted by atomic mass is 9.83. The van der Waals surface area contributed by atoms with Crippen molar-refractivity contribution in [3.8, 4) is 0 Å². The molecular weight excluding hydrogens is 402 g/mol. The highest BCUT2D eigenvalue weighted by Crippen LogP contribution is 2.37. The van der Waals surface area contributed by atoms with Gasteiger partial charge in [-0.2, -0.15) is 0 Å². The number of nitrogens with zero attached hydrogens (tertiary/aromatic N) is 1. The SMILES string of the molecule is COC(=O)[C@H](CC1CC2(CCN(S(C)(=O)=O)CC2)NC1=O)NC(=O)OC(C)(C)C. The maximum absolute atomic E-state index is 12.5. The molecule has 1 unspecified atom stereocenters. The number of piperidine rings is 1. The van der Waals surface area contributed by atoms with E-state index in [-0.39, 0.29) is 12.3 Å². The first-order chi connectivity index (χ1) is 13.2. The van der Waals surface area contributed by atoms with Crippen molar-refractivity contribution in [2.45, 2.75) is 63.6 Å². The molecule has 1 spiro atoms. The number of amides is 2. The lowest BCUT2D eigenvalue weighted by molar-refractivity contribution is -0.143. The van der Waals surface area contributed by atoms with Crippen LogP contribution in [0.4, 0.5) is 4.79 Å². The summed E-state index contributed by atoms with van der Waals surface area (Å²) in [4.78, 5) is 36.7. The van der Waals surface area contributed by atoms with Crippen molar-refractivity contribution >= 4 is 28.0 Å². The molecule has 2 saturated heterocycles. The van der Waals surface area contributed by atoms with Gasteiger partial charge in [0.15, 0.2) is 0 Å². The highest BCUT2D eigenvalue weighted by atomic mass is 32.2. The normalized spacial score (nSPS) is 23.3. The van der Waals surface area contributed by atoms with Gasteiger partial charge in [-0.05, 0) is 46.5 Å². The molecule has 2 aliphatic rings. The first-order valence-electron chi connectivity index (χ1n) is 9.59. The summed E-state index contributed by atoms with van der Waals surface area (Å²) in [6, 6.07) is -1.02. The molecule has 2 aliphatic heterocycles. The van der Waals surface area contributed by atoms with Gasteiger partial charge in [0.2, 0.25) is 15.9 Å². The van der Waals surface area contributed by atoms with Crippen LogP contribution in [-0.4, -0.2) is 74.3 Å². The van der Waals surface area contributed by atoms with Gasteiger partial charge in [0, 0.05) is 24.5 Å². The summed E-state index contributed by atoms with van der Waals surface area (Å²) in [6.07, 6.45) is 1.96. The Balaban J connectivity index is 2.02. The van der Waals surface area contributed by atoms with Crippen molar-refractivity contribution in [1.29, 1.82) is 0 Å². The van der Waals surface area contributed by atoms with Crippen LogP contribution in [0.2, 0.25) is 0 Å².